The van der Waals surface area contributed by atoms with Crippen LogP contribution in [0.15, 0.2) is 39.8 Å². The molecule has 1 aromatic carbocycles. The molecule has 0 aromatic heterocycles. The molecular formula is C20H23NO5S. The molecule has 0 amide bonds. The molecule has 6 nitrogen and oxygen atoms in total. The summed E-state index contributed by atoms with van der Waals surface area (Å²) < 4.78 is 16.0. The van der Waals surface area contributed by atoms with E-state index in [1.54, 1.807) is 17.8 Å². The van der Waals surface area contributed by atoms with Crippen LogP contribution in [0.25, 0.3) is 0 Å². The minimum atomic E-state index is -1.24. The summed E-state index contributed by atoms with van der Waals surface area (Å²) in [5.74, 6) is -1.73. The van der Waals surface area contributed by atoms with E-state index in [4.69, 9.17) is 14.2 Å². The van der Waals surface area contributed by atoms with Gasteiger partial charge >= 0.3 is 11.9 Å². The molecule has 0 unspecified atom stereocenters. The normalized spacial score (nSPS) is 19.7. The van der Waals surface area contributed by atoms with Gasteiger partial charge in [-0.05, 0) is 44.6 Å². The maximum Gasteiger partial charge on any atom is 0.348 e. The predicted molar refractivity (Wildman–Crippen MR) is 104 cm³/mol. The van der Waals surface area contributed by atoms with Gasteiger partial charge in [-0.1, -0.05) is 11.8 Å². The number of cyclic esters (lactones) is 2. The van der Waals surface area contributed by atoms with E-state index in [0.717, 1.165) is 33.5 Å². The van der Waals surface area contributed by atoms with Crippen LogP contribution in [0.5, 0.6) is 5.75 Å². The molecule has 0 N–H and O–H groups in total. The molecule has 1 aromatic rings. The van der Waals surface area contributed by atoms with E-state index >= 15 is 0 Å². The third-order valence-electron chi connectivity index (χ3n) is 4.15. The number of ether oxygens (including phenoxy) is 3. The third kappa shape index (κ3) is 3.83. The quantitative estimate of drug-likeness (QED) is 0.439. The molecule has 2 aliphatic rings. The number of benzene rings is 1. The number of allylic oxidation sites excluding steroid dienone is 2. The van der Waals surface area contributed by atoms with Crippen LogP contribution in [0.4, 0.5) is 5.69 Å². The molecule has 1 fully saturated rings. The fourth-order valence-electron chi connectivity index (χ4n) is 2.94. The molecule has 0 bridgehead atoms. The lowest BCUT2D eigenvalue weighted by Gasteiger charge is -2.29. The Kier molecular flexibility index (Phi) is 5.24. The minimum absolute atomic E-state index is 0.111. The van der Waals surface area contributed by atoms with Gasteiger partial charge in [-0.25, -0.2) is 9.59 Å². The summed E-state index contributed by atoms with van der Waals surface area (Å²) in [6, 6.07) is 4.12. The lowest BCUT2D eigenvalue weighted by molar-refractivity contribution is -0.222. The van der Waals surface area contributed by atoms with Crippen molar-refractivity contribution in [2.75, 3.05) is 18.1 Å². The average Bonchev–Trinajstić information content (AvgIpc) is 2.89. The van der Waals surface area contributed by atoms with Crippen LogP contribution in [-0.4, -0.2) is 30.9 Å². The summed E-state index contributed by atoms with van der Waals surface area (Å²) in [5, 5.41) is 0.915. The molecule has 0 spiro atoms. The highest BCUT2D eigenvalue weighted by atomic mass is 32.2. The summed E-state index contributed by atoms with van der Waals surface area (Å²) in [4.78, 5) is 27.4. The summed E-state index contributed by atoms with van der Waals surface area (Å²) in [6.45, 7) is 10.4. The molecule has 7 heteroatoms. The second-order valence-corrected chi connectivity index (χ2v) is 7.69. The fourth-order valence-corrected chi connectivity index (χ4v) is 4.15. The first kappa shape index (κ1) is 19.4. The zero-order chi connectivity index (χ0) is 19.8. The Morgan fingerprint density at radius 1 is 1.15 bits per heavy atom. The molecular weight excluding hydrogens is 366 g/mol. The number of esters is 2. The number of thioether (sulfide) groups is 1. The number of aryl methyl sites for hydroxylation is 1. The van der Waals surface area contributed by atoms with Crippen molar-refractivity contribution in [1.29, 1.82) is 0 Å². The van der Waals surface area contributed by atoms with Gasteiger partial charge in [0.2, 0.25) is 0 Å². The zero-order valence-corrected chi connectivity index (χ0v) is 16.9. The Morgan fingerprint density at radius 3 is 2.41 bits per heavy atom. The number of hydrogen-bond acceptors (Lipinski definition) is 7. The van der Waals surface area contributed by atoms with Crippen LogP contribution in [0.3, 0.4) is 0 Å². The molecule has 2 heterocycles. The number of fused-ring (bicyclic) bond motifs is 1. The Balaban J connectivity index is 1.91. The summed E-state index contributed by atoms with van der Waals surface area (Å²) in [7, 11) is 0. The molecule has 144 valence electrons. The van der Waals surface area contributed by atoms with Crippen LogP contribution >= 0.6 is 11.8 Å². The molecule has 1 saturated heterocycles. The van der Waals surface area contributed by atoms with Crippen LogP contribution in [0, 0.1) is 6.92 Å². The SMILES string of the molecule is CCOc1cc2c(cc1C)S/C(=C\C=C1C(=O)OC(C)(C)OC1=O)N2CC. The van der Waals surface area contributed by atoms with Gasteiger partial charge in [0.25, 0.3) is 5.79 Å². The fraction of sp³-hybridized carbons (Fsp3) is 0.400. The lowest BCUT2D eigenvalue weighted by Crippen LogP contribution is -2.41. The van der Waals surface area contributed by atoms with Crippen LogP contribution in [-0.2, 0) is 19.1 Å². The Hall–Kier alpha value is -2.41. The van der Waals surface area contributed by atoms with Crippen LogP contribution < -0.4 is 9.64 Å². The van der Waals surface area contributed by atoms with Crippen molar-refractivity contribution in [3.63, 3.8) is 0 Å². The number of nitrogens with zero attached hydrogens (tertiary/aromatic N) is 1. The van der Waals surface area contributed by atoms with Gasteiger partial charge in [-0.3, -0.25) is 0 Å². The van der Waals surface area contributed by atoms with E-state index in [2.05, 4.69) is 11.0 Å². The smallest absolute Gasteiger partial charge is 0.348 e. The number of hydrogen-bond donors (Lipinski definition) is 0. The average molecular weight is 389 g/mol. The van der Waals surface area contributed by atoms with Crippen molar-refractivity contribution in [1.82, 2.24) is 0 Å². The van der Waals surface area contributed by atoms with Crippen molar-refractivity contribution in [2.45, 2.75) is 45.3 Å². The van der Waals surface area contributed by atoms with Crippen molar-refractivity contribution in [3.05, 3.63) is 40.5 Å². The van der Waals surface area contributed by atoms with E-state index in [-0.39, 0.29) is 5.57 Å². The lowest BCUT2D eigenvalue weighted by atomic mass is 10.2. The third-order valence-corrected chi connectivity index (χ3v) is 5.27. The highest BCUT2D eigenvalue weighted by Gasteiger charge is 2.38. The molecule has 27 heavy (non-hydrogen) atoms. The highest BCUT2D eigenvalue weighted by molar-refractivity contribution is 8.03. The van der Waals surface area contributed by atoms with Crippen molar-refractivity contribution >= 4 is 29.4 Å². The summed E-state index contributed by atoms with van der Waals surface area (Å²) in [6.07, 6.45) is 3.22. The number of anilines is 1. The molecule has 0 aliphatic carbocycles. The maximum atomic E-state index is 12.1. The maximum absolute atomic E-state index is 12.1. The van der Waals surface area contributed by atoms with E-state index in [9.17, 15) is 9.59 Å². The van der Waals surface area contributed by atoms with Gasteiger partial charge < -0.3 is 19.1 Å². The van der Waals surface area contributed by atoms with E-state index in [0.29, 0.717) is 6.61 Å². The van der Waals surface area contributed by atoms with Gasteiger partial charge in [0.05, 0.1) is 17.3 Å². The summed E-state index contributed by atoms with van der Waals surface area (Å²) >= 11 is 1.58. The van der Waals surface area contributed by atoms with Crippen molar-refractivity contribution in [3.8, 4) is 5.75 Å². The monoisotopic (exact) mass is 389 g/mol. The van der Waals surface area contributed by atoms with Gasteiger partial charge in [-0.2, -0.15) is 0 Å². The number of carbonyl (C=O) groups excluding carboxylic acids is 2. The largest absolute Gasteiger partial charge is 0.494 e. The highest BCUT2D eigenvalue weighted by Crippen LogP contribution is 2.48. The van der Waals surface area contributed by atoms with Gasteiger partial charge in [0, 0.05) is 31.4 Å². The van der Waals surface area contributed by atoms with Crippen LogP contribution in [0.1, 0.15) is 33.3 Å². The van der Waals surface area contributed by atoms with Crippen LogP contribution in [0.2, 0.25) is 0 Å². The molecule has 2 aliphatic heterocycles. The van der Waals surface area contributed by atoms with Gasteiger partial charge in [0.15, 0.2) is 0 Å². The second-order valence-electron chi connectivity index (χ2n) is 6.63. The van der Waals surface area contributed by atoms with E-state index < -0.39 is 17.7 Å². The molecule has 0 saturated carbocycles. The van der Waals surface area contributed by atoms with Crippen molar-refractivity contribution < 1.29 is 23.8 Å². The van der Waals surface area contributed by atoms with Gasteiger partial charge in [-0.15, -0.1) is 0 Å². The first-order valence-corrected chi connectivity index (χ1v) is 9.69. The summed E-state index contributed by atoms with van der Waals surface area (Å²) in [5.41, 5.74) is 2.01. The predicted octanol–water partition coefficient (Wildman–Crippen LogP) is 3.93. The molecule has 0 atom stereocenters. The first-order valence-electron chi connectivity index (χ1n) is 8.87. The first-order chi connectivity index (χ1) is 12.8. The van der Waals surface area contributed by atoms with Gasteiger partial charge in [0.1, 0.15) is 11.3 Å². The molecule has 3 rings (SSSR count). The minimum Gasteiger partial charge on any atom is -0.494 e. The molecule has 0 radical (unpaired) electrons. The number of carbonyl (C=O) groups is 2. The van der Waals surface area contributed by atoms with E-state index in [1.807, 2.05) is 26.8 Å². The van der Waals surface area contributed by atoms with E-state index in [1.165, 1.54) is 19.9 Å². The van der Waals surface area contributed by atoms with Crippen molar-refractivity contribution in [2.24, 2.45) is 0 Å². The standard InChI is InChI=1S/C20H23NO5S/c1-6-21-14-11-15(24-7-2)12(3)10-16(14)27-17(21)9-8-13-18(22)25-20(4,5)26-19(13)23/h8-11H,6-7H2,1-5H3/b17-9-. The number of rotatable bonds is 4. The Labute approximate surface area is 163 Å². The zero-order valence-electron chi connectivity index (χ0n) is 16.1. The second kappa shape index (κ2) is 7.31. The topological polar surface area (TPSA) is 65.1 Å². The Bertz CT molecular complexity index is 834. The Morgan fingerprint density at radius 2 is 1.81 bits per heavy atom.